The fourth-order valence-corrected chi connectivity index (χ4v) is 2.52. The largest absolute Gasteiger partial charge is 0.371 e. The minimum Gasteiger partial charge on any atom is -0.371 e. The SMILES string of the molecule is CCO[C@@](CC)(C1=NCCCN1)c1ccccc1. The van der Waals surface area contributed by atoms with E-state index in [9.17, 15) is 0 Å². The second-order valence-corrected chi connectivity index (χ2v) is 4.49. The molecule has 1 aliphatic heterocycles. The highest BCUT2D eigenvalue weighted by atomic mass is 16.5. The van der Waals surface area contributed by atoms with Crippen molar-refractivity contribution in [2.45, 2.75) is 32.3 Å². The lowest BCUT2D eigenvalue weighted by atomic mass is 9.88. The quantitative estimate of drug-likeness (QED) is 0.866. The average molecular weight is 246 g/mol. The van der Waals surface area contributed by atoms with Crippen molar-refractivity contribution in [3.8, 4) is 0 Å². The molecule has 1 heterocycles. The fourth-order valence-electron chi connectivity index (χ4n) is 2.52. The molecule has 3 nitrogen and oxygen atoms in total. The zero-order valence-electron chi connectivity index (χ0n) is 11.3. The average Bonchev–Trinajstić information content (AvgIpc) is 2.47. The second kappa shape index (κ2) is 6.01. The summed E-state index contributed by atoms with van der Waals surface area (Å²) in [5.74, 6) is 0.990. The van der Waals surface area contributed by atoms with Gasteiger partial charge in [-0.25, -0.2) is 0 Å². The van der Waals surface area contributed by atoms with Gasteiger partial charge in [0, 0.05) is 19.7 Å². The summed E-state index contributed by atoms with van der Waals surface area (Å²) in [4.78, 5) is 4.65. The van der Waals surface area contributed by atoms with Crippen LogP contribution in [0, 0.1) is 0 Å². The van der Waals surface area contributed by atoms with Crippen LogP contribution in [0.4, 0.5) is 0 Å². The van der Waals surface area contributed by atoms with E-state index in [1.54, 1.807) is 0 Å². The van der Waals surface area contributed by atoms with Crippen molar-refractivity contribution < 1.29 is 4.74 Å². The van der Waals surface area contributed by atoms with E-state index in [0.717, 1.165) is 31.8 Å². The Morgan fingerprint density at radius 2 is 2.06 bits per heavy atom. The maximum atomic E-state index is 6.11. The summed E-state index contributed by atoms with van der Waals surface area (Å²) in [5, 5.41) is 3.42. The number of hydrogen-bond acceptors (Lipinski definition) is 3. The molecule has 1 aromatic carbocycles. The van der Waals surface area contributed by atoms with Crippen LogP contribution < -0.4 is 5.32 Å². The molecule has 0 amide bonds. The number of benzene rings is 1. The van der Waals surface area contributed by atoms with Gasteiger partial charge in [-0.2, -0.15) is 0 Å². The maximum absolute atomic E-state index is 6.11. The zero-order valence-corrected chi connectivity index (χ0v) is 11.3. The van der Waals surface area contributed by atoms with Gasteiger partial charge in [-0.1, -0.05) is 37.3 Å². The van der Waals surface area contributed by atoms with Crippen molar-refractivity contribution in [3.63, 3.8) is 0 Å². The molecule has 1 aliphatic rings. The molecule has 2 rings (SSSR count). The van der Waals surface area contributed by atoms with E-state index < -0.39 is 5.60 Å². The highest BCUT2D eigenvalue weighted by molar-refractivity contribution is 5.92. The number of hydrogen-bond donors (Lipinski definition) is 1. The number of aliphatic imine (C=N–C) groups is 1. The summed E-state index contributed by atoms with van der Waals surface area (Å²) in [6.07, 6.45) is 1.99. The summed E-state index contributed by atoms with van der Waals surface area (Å²) in [7, 11) is 0. The predicted octanol–water partition coefficient (Wildman–Crippen LogP) is 2.72. The number of nitrogens with zero attached hydrogens (tertiary/aromatic N) is 1. The summed E-state index contributed by atoms with van der Waals surface area (Å²) in [6, 6.07) is 10.4. The summed E-state index contributed by atoms with van der Waals surface area (Å²) in [6.45, 7) is 6.76. The first kappa shape index (κ1) is 13.1. The van der Waals surface area contributed by atoms with Gasteiger partial charge in [0.1, 0.15) is 11.4 Å². The van der Waals surface area contributed by atoms with E-state index >= 15 is 0 Å². The highest BCUT2D eigenvalue weighted by Crippen LogP contribution is 2.31. The molecular formula is C15H22N2O. The third kappa shape index (κ3) is 2.41. The maximum Gasteiger partial charge on any atom is 0.149 e. The summed E-state index contributed by atoms with van der Waals surface area (Å²) < 4.78 is 6.11. The Hall–Kier alpha value is -1.35. The van der Waals surface area contributed by atoms with Crippen molar-refractivity contribution in [1.82, 2.24) is 5.32 Å². The van der Waals surface area contributed by atoms with E-state index in [4.69, 9.17) is 4.74 Å². The molecule has 18 heavy (non-hydrogen) atoms. The zero-order chi connectivity index (χ0) is 12.8. The molecule has 1 N–H and O–H groups in total. The minimum absolute atomic E-state index is 0.406. The van der Waals surface area contributed by atoms with Crippen LogP contribution in [0.25, 0.3) is 0 Å². The van der Waals surface area contributed by atoms with Gasteiger partial charge >= 0.3 is 0 Å². The standard InChI is InChI=1S/C15H22N2O/c1-3-15(18-4-2,13-9-6-5-7-10-13)14-16-11-8-12-17-14/h5-7,9-10H,3-4,8,11-12H2,1-2H3,(H,16,17)/t15-/m1/s1. The number of rotatable bonds is 5. The van der Waals surface area contributed by atoms with Crippen LogP contribution in [0.15, 0.2) is 35.3 Å². The molecule has 1 atom stereocenters. The molecule has 0 unspecified atom stereocenters. The molecule has 1 aromatic rings. The third-order valence-corrected chi connectivity index (χ3v) is 3.41. The normalized spacial score (nSPS) is 18.7. The van der Waals surface area contributed by atoms with E-state index in [1.165, 1.54) is 5.56 Å². The van der Waals surface area contributed by atoms with Gasteiger partial charge in [0.2, 0.25) is 0 Å². The Morgan fingerprint density at radius 1 is 1.28 bits per heavy atom. The van der Waals surface area contributed by atoms with Crippen molar-refractivity contribution in [2.75, 3.05) is 19.7 Å². The molecule has 0 saturated carbocycles. The molecule has 98 valence electrons. The van der Waals surface area contributed by atoms with Gasteiger partial charge in [0.15, 0.2) is 0 Å². The molecule has 0 radical (unpaired) electrons. The minimum atomic E-state index is -0.406. The lowest BCUT2D eigenvalue weighted by Crippen LogP contribution is -2.48. The predicted molar refractivity (Wildman–Crippen MR) is 75.0 cm³/mol. The van der Waals surface area contributed by atoms with Crippen molar-refractivity contribution in [2.24, 2.45) is 4.99 Å². The Labute approximate surface area is 109 Å². The first-order valence-corrected chi connectivity index (χ1v) is 6.81. The number of amidine groups is 1. The van der Waals surface area contributed by atoms with E-state index in [-0.39, 0.29) is 0 Å². The van der Waals surface area contributed by atoms with Crippen LogP contribution in [0.3, 0.4) is 0 Å². The van der Waals surface area contributed by atoms with Gasteiger partial charge in [-0.15, -0.1) is 0 Å². The molecule has 0 fully saturated rings. The van der Waals surface area contributed by atoms with Crippen LogP contribution in [0.5, 0.6) is 0 Å². The lowest BCUT2D eigenvalue weighted by Gasteiger charge is -2.36. The van der Waals surface area contributed by atoms with E-state index in [2.05, 4.69) is 41.5 Å². The van der Waals surface area contributed by atoms with Crippen LogP contribution in [0.2, 0.25) is 0 Å². The van der Waals surface area contributed by atoms with Gasteiger partial charge in [0.05, 0.1) is 0 Å². The van der Waals surface area contributed by atoms with Crippen molar-refractivity contribution >= 4 is 5.84 Å². The summed E-state index contributed by atoms with van der Waals surface area (Å²) >= 11 is 0. The number of ether oxygens (including phenoxy) is 1. The Bertz CT molecular complexity index is 402. The van der Waals surface area contributed by atoms with Crippen LogP contribution in [-0.4, -0.2) is 25.5 Å². The van der Waals surface area contributed by atoms with Gasteiger partial charge in [0.25, 0.3) is 0 Å². The molecule has 0 bridgehead atoms. The fraction of sp³-hybridized carbons (Fsp3) is 0.533. The monoisotopic (exact) mass is 246 g/mol. The highest BCUT2D eigenvalue weighted by Gasteiger charge is 2.37. The third-order valence-electron chi connectivity index (χ3n) is 3.41. The summed E-state index contributed by atoms with van der Waals surface area (Å²) in [5.41, 5.74) is 0.777. The molecular weight excluding hydrogens is 224 g/mol. The molecule has 0 spiro atoms. The van der Waals surface area contributed by atoms with Crippen LogP contribution >= 0.6 is 0 Å². The molecule has 0 saturated heterocycles. The van der Waals surface area contributed by atoms with Crippen molar-refractivity contribution in [1.29, 1.82) is 0 Å². The Kier molecular flexibility index (Phi) is 4.37. The molecule has 3 heteroatoms. The van der Waals surface area contributed by atoms with Gasteiger partial charge in [-0.05, 0) is 25.3 Å². The molecule has 0 aliphatic carbocycles. The number of nitrogens with one attached hydrogen (secondary N) is 1. The molecule has 0 aromatic heterocycles. The van der Waals surface area contributed by atoms with Gasteiger partial charge < -0.3 is 10.1 Å². The second-order valence-electron chi connectivity index (χ2n) is 4.49. The van der Waals surface area contributed by atoms with Crippen molar-refractivity contribution in [3.05, 3.63) is 35.9 Å². The lowest BCUT2D eigenvalue weighted by molar-refractivity contribution is 0.00565. The van der Waals surface area contributed by atoms with Gasteiger partial charge in [-0.3, -0.25) is 4.99 Å². The van der Waals surface area contributed by atoms with E-state index in [1.807, 2.05) is 13.0 Å². The first-order valence-electron chi connectivity index (χ1n) is 6.81. The van der Waals surface area contributed by atoms with E-state index in [0.29, 0.717) is 6.61 Å². The Morgan fingerprint density at radius 3 is 2.61 bits per heavy atom. The van der Waals surface area contributed by atoms with Crippen LogP contribution in [0.1, 0.15) is 32.3 Å². The topological polar surface area (TPSA) is 33.6 Å². The smallest absolute Gasteiger partial charge is 0.149 e. The first-order chi connectivity index (χ1) is 8.83. The Balaban J connectivity index is 2.42. The van der Waals surface area contributed by atoms with Crippen LogP contribution in [-0.2, 0) is 10.3 Å².